The smallest absolute Gasteiger partial charge is 0.220 e. The Morgan fingerprint density at radius 2 is 2.13 bits per heavy atom. The molecule has 0 spiro atoms. The first-order chi connectivity index (χ1) is 6.97. The molecule has 0 aromatic heterocycles. The Balaban J connectivity index is 3.70. The molecule has 0 radical (unpaired) electrons. The molecule has 2 unspecified atom stereocenters. The minimum absolute atomic E-state index is 0.0163. The van der Waals surface area contributed by atoms with Gasteiger partial charge in [-0.3, -0.25) is 4.79 Å². The van der Waals surface area contributed by atoms with E-state index < -0.39 is 0 Å². The first-order valence-electron chi connectivity index (χ1n) is 5.02. The molecule has 88 valence electrons. The van der Waals surface area contributed by atoms with E-state index in [0.29, 0.717) is 24.6 Å². The Morgan fingerprint density at radius 3 is 2.60 bits per heavy atom. The summed E-state index contributed by atoms with van der Waals surface area (Å²) in [4.78, 5) is 11.8. The van der Waals surface area contributed by atoms with Crippen molar-refractivity contribution in [2.75, 3.05) is 20.3 Å². The first-order valence-corrected chi connectivity index (χ1v) is 5.43. The van der Waals surface area contributed by atoms with Crippen LogP contribution in [0.2, 0.25) is 0 Å². The third-order valence-electron chi connectivity index (χ3n) is 2.08. The van der Waals surface area contributed by atoms with E-state index in [1.165, 1.54) is 0 Å². The first kappa shape index (κ1) is 14.3. The standard InChI is InChI=1S/C10H20N2O2S/c1-7(6-14-3)4-9(13)12-5-8(2)10(11)15/h7-8H,4-6H2,1-3H3,(H2,11,15)(H,12,13). The maximum atomic E-state index is 11.4. The van der Waals surface area contributed by atoms with Crippen LogP contribution in [-0.4, -0.2) is 31.2 Å². The molecule has 0 aromatic carbocycles. The Bertz CT molecular complexity index is 221. The highest BCUT2D eigenvalue weighted by molar-refractivity contribution is 7.80. The van der Waals surface area contributed by atoms with Crippen LogP contribution in [0, 0.1) is 11.8 Å². The zero-order valence-corrected chi connectivity index (χ0v) is 10.4. The van der Waals surface area contributed by atoms with Crippen molar-refractivity contribution in [3.8, 4) is 0 Å². The molecule has 0 aliphatic heterocycles. The summed E-state index contributed by atoms with van der Waals surface area (Å²) in [5.41, 5.74) is 5.43. The molecule has 1 amide bonds. The van der Waals surface area contributed by atoms with Crippen LogP contribution in [0.4, 0.5) is 0 Å². The second-order valence-electron chi connectivity index (χ2n) is 3.87. The van der Waals surface area contributed by atoms with Crippen LogP contribution in [-0.2, 0) is 9.53 Å². The largest absolute Gasteiger partial charge is 0.393 e. The molecule has 0 aliphatic carbocycles. The predicted molar refractivity (Wildman–Crippen MR) is 64.6 cm³/mol. The second-order valence-corrected chi connectivity index (χ2v) is 4.34. The number of carbonyl (C=O) groups is 1. The van der Waals surface area contributed by atoms with Gasteiger partial charge in [0.05, 0.1) is 4.99 Å². The lowest BCUT2D eigenvalue weighted by atomic mass is 10.1. The van der Waals surface area contributed by atoms with Gasteiger partial charge < -0.3 is 15.8 Å². The van der Waals surface area contributed by atoms with Gasteiger partial charge in [0.1, 0.15) is 0 Å². The zero-order chi connectivity index (χ0) is 11.8. The van der Waals surface area contributed by atoms with Gasteiger partial charge in [-0.2, -0.15) is 0 Å². The lowest BCUT2D eigenvalue weighted by Gasteiger charge is -2.13. The van der Waals surface area contributed by atoms with Gasteiger partial charge in [-0.1, -0.05) is 26.1 Å². The second kappa shape index (κ2) is 7.59. The van der Waals surface area contributed by atoms with Crippen LogP contribution in [0.3, 0.4) is 0 Å². The summed E-state index contributed by atoms with van der Waals surface area (Å²) >= 11 is 4.81. The van der Waals surface area contributed by atoms with Gasteiger partial charge in [0.15, 0.2) is 0 Å². The van der Waals surface area contributed by atoms with Gasteiger partial charge in [0, 0.05) is 32.6 Å². The van der Waals surface area contributed by atoms with Crippen molar-refractivity contribution in [3.05, 3.63) is 0 Å². The fourth-order valence-electron chi connectivity index (χ4n) is 1.10. The van der Waals surface area contributed by atoms with Gasteiger partial charge in [-0.25, -0.2) is 0 Å². The number of nitrogens with two attached hydrogens (primary N) is 1. The van der Waals surface area contributed by atoms with E-state index in [0.717, 1.165) is 0 Å². The maximum absolute atomic E-state index is 11.4. The number of nitrogens with one attached hydrogen (secondary N) is 1. The molecule has 2 atom stereocenters. The Morgan fingerprint density at radius 1 is 1.53 bits per heavy atom. The summed E-state index contributed by atoms with van der Waals surface area (Å²) in [5, 5.41) is 2.79. The predicted octanol–water partition coefficient (Wildman–Crippen LogP) is 0.697. The van der Waals surface area contributed by atoms with Crippen molar-refractivity contribution < 1.29 is 9.53 Å². The molecule has 15 heavy (non-hydrogen) atoms. The van der Waals surface area contributed by atoms with Crippen LogP contribution < -0.4 is 11.1 Å². The van der Waals surface area contributed by atoms with Crippen molar-refractivity contribution in [2.45, 2.75) is 20.3 Å². The fraction of sp³-hybridized carbons (Fsp3) is 0.800. The van der Waals surface area contributed by atoms with E-state index in [1.807, 2.05) is 13.8 Å². The van der Waals surface area contributed by atoms with E-state index >= 15 is 0 Å². The lowest BCUT2D eigenvalue weighted by molar-refractivity contribution is -0.122. The van der Waals surface area contributed by atoms with E-state index in [2.05, 4.69) is 5.32 Å². The van der Waals surface area contributed by atoms with E-state index in [4.69, 9.17) is 22.7 Å². The monoisotopic (exact) mass is 232 g/mol. The van der Waals surface area contributed by atoms with Crippen LogP contribution in [0.25, 0.3) is 0 Å². The van der Waals surface area contributed by atoms with Gasteiger partial charge >= 0.3 is 0 Å². The molecule has 3 N–H and O–H groups in total. The van der Waals surface area contributed by atoms with Gasteiger partial charge in [0.25, 0.3) is 0 Å². The average molecular weight is 232 g/mol. The van der Waals surface area contributed by atoms with Crippen LogP contribution in [0.5, 0.6) is 0 Å². The van der Waals surface area contributed by atoms with Crippen LogP contribution in [0.1, 0.15) is 20.3 Å². The zero-order valence-electron chi connectivity index (χ0n) is 9.58. The summed E-state index contributed by atoms with van der Waals surface area (Å²) in [6.45, 7) is 4.97. The summed E-state index contributed by atoms with van der Waals surface area (Å²) in [5.74, 6) is 0.291. The van der Waals surface area contributed by atoms with Crippen molar-refractivity contribution >= 4 is 23.1 Å². The summed E-state index contributed by atoms with van der Waals surface area (Å²) in [6, 6.07) is 0. The molecule has 0 saturated carbocycles. The summed E-state index contributed by atoms with van der Waals surface area (Å²) in [6.07, 6.45) is 0.470. The number of hydrogen-bond donors (Lipinski definition) is 2. The Kier molecular flexibility index (Phi) is 7.25. The maximum Gasteiger partial charge on any atom is 0.220 e. The fourth-order valence-corrected chi connectivity index (χ4v) is 1.18. The molecular formula is C10H20N2O2S. The number of hydrogen-bond acceptors (Lipinski definition) is 3. The molecular weight excluding hydrogens is 212 g/mol. The van der Waals surface area contributed by atoms with Crippen LogP contribution >= 0.6 is 12.2 Å². The van der Waals surface area contributed by atoms with Gasteiger partial charge in [-0.15, -0.1) is 0 Å². The average Bonchev–Trinajstić information content (AvgIpc) is 2.14. The Hall–Kier alpha value is -0.680. The topological polar surface area (TPSA) is 64.3 Å². The third-order valence-corrected chi connectivity index (χ3v) is 2.48. The SMILES string of the molecule is COCC(C)CC(=O)NCC(C)C(N)=S. The summed E-state index contributed by atoms with van der Waals surface area (Å²) < 4.78 is 4.95. The highest BCUT2D eigenvalue weighted by Gasteiger charge is 2.10. The number of carbonyl (C=O) groups excluding carboxylic acids is 1. The van der Waals surface area contributed by atoms with Crippen molar-refractivity contribution in [3.63, 3.8) is 0 Å². The number of methoxy groups -OCH3 is 1. The molecule has 5 heteroatoms. The molecule has 0 bridgehead atoms. The minimum atomic E-state index is 0.0163. The quantitative estimate of drug-likeness (QED) is 0.634. The summed E-state index contributed by atoms with van der Waals surface area (Å²) in [7, 11) is 1.63. The van der Waals surface area contributed by atoms with Crippen LogP contribution in [0.15, 0.2) is 0 Å². The molecule has 0 saturated heterocycles. The van der Waals surface area contributed by atoms with E-state index in [9.17, 15) is 4.79 Å². The number of ether oxygens (including phenoxy) is 1. The minimum Gasteiger partial charge on any atom is -0.393 e. The van der Waals surface area contributed by atoms with Crippen molar-refractivity contribution in [1.29, 1.82) is 0 Å². The molecule has 0 heterocycles. The highest BCUT2D eigenvalue weighted by Crippen LogP contribution is 2.01. The number of amides is 1. The van der Waals surface area contributed by atoms with Gasteiger partial charge in [-0.05, 0) is 5.92 Å². The molecule has 0 fully saturated rings. The van der Waals surface area contributed by atoms with Crippen molar-refractivity contribution in [2.24, 2.45) is 17.6 Å². The third kappa shape index (κ3) is 7.27. The molecule has 4 nitrogen and oxygen atoms in total. The number of rotatable bonds is 7. The number of thiocarbonyl (C=S) groups is 1. The highest BCUT2D eigenvalue weighted by atomic mass is 32.1. The van der Waals surface area contributed by atoms with E-state index in [1.54, 1.807) is 7.11 Å². The van der Waals surface area contributed by atoms with E-state index in [-0.39, 0.29) is 17.7 Å². The molecule has 0 rings (SSSR count). The van der Waals surface area contributed by atoms with Gasteiger partial charge in [0.2, 0.25) is 5.91 Å². The van der Waals surface area contributed by atoms with Crippen molar-refractivity contribution in [1.82, 2.24) is 5.32 Å². The molecule has 0 aliphatic rings. The normalized spacial score (nSPS) is 14.3. The Labute approximate surface area is 96.5 Å². The lowest BCUT2D eigenvalue weighted by Crippen LogP contribution is -2.34. The molecule has 0 aromatic rings.